The molecule has 0 aliphatic heterocycles. The highest BCUT2D eigenvalue weighted by Gasteiger charge is 2.11. The van der Waals surface area contributed by atoms with Crippen LogP contribution in [0.4, 0.5) is 5.69 Å². The molecular weight excluding hydrogens is 348 g/mol. The predicted octanol–water partition coefficient (Wildman–Crippen LogP) is 2.46. The van der Waals surface area contributed by atoms with Crippen LogP contribution in [-0.2, 0) is 6.42 Å². The number of aromatic nitrogens is 1. The first-order valence-corrected chi connectivity index (χ1v) is 8.36. The number of nitrogens with one attached hydrogen (secondary N) is 2. The minimum atomic E-state index is -0.271. The molecule has 0 spiro atoms. The van der Waals surface area contributed by atoms with E-state index in [1.807, 2.05) is 6.92 Å². The van der Waals surface area contributed by atoms with E-state index in [0.29, 0.717) is 36.5 Å². The maximum absolute atomic E-state index is 12.1. The Labute approximate surface area is 151 Å². The number of nitrogens with zero attached hydrogens (tertiary/aromatic N) is 1. The highest BCUT2D eigenvalue weighted by atomic mass is 35.5. The number of anilines is 1. The standard InChI is InChI=1S/C16H20N4O2S.ClH/c1-2-9-18-15(21)11-3-5-12(6-4-11)19-16(22)13-10-23-14(20-13)7-8-17;/h3-6,10H,2,7-9,17H2,1H3,(H,18,21)(H,19,22);1H. The van der Waals surface area contributed by atoms with E-state index in [1.165, 1.54) is 11.3 Å². The average Bonchev–Trinajstić information content (AvgIpc) is 3.02. The van der Waals surface area contributed by atoms with Crippen molar-refractivity contribution in [2.75, 3.05) is 18.4 Å². The highest BCUT2D eigenvalue weighted by molar-refractivity contribution is 7.09. The van der Waals surface area contributed by atoms with Gasteiger partial charge in [-0.05, 0) is 37.2 Å². The number of hydrogen-bond acceptors (Lipinski definition) is 5. The van der Waals surface area contributed by atoms with Crippen molar-refractivity contribution in [3.63, 3.8) is 0 Å². The summed E-state index contributed by atoms with van der Waals surface area (Å²) in [5, 5.41) is 8.13. The van der Waals surface area contributed by atoms with Gasteiger partial charge in [-0.1, -0.05) is 6.92 Å². The van der Waals surface area contributed by atoms with Crippen LogP contribution < -0.4 is 16.4 Å². The van der Waals surface area contributed by atoms with Crippen LogP contribution in [0.5, 0.6) is 0 Å². The Kier molecular flexibility index (Phi) is 8.39. The van der Waals surface area contributed by atoms with Crippen molar-refractivity contribution < 1.29 is 9.59 Å². The van der Waals surface area contributed by atoms with Crippen LogP contribution in [0.15, 0.2) is 29.6 Å². The third-order valence-electron chi connectivity index (χ3n) is 3.08. The molecule has 1 aromatic carbocycles. The number of hydrogen-bond donors (Lipinski definition) is 3. The molecular formula is C16H21ClN4O2S. The Morgan fingerprint density at radius 2 is 1.92 bits per heavy atom. The van der Waals surface area contributed by atoms with E-state index in [0.717, 1.165) is 11.4 Å². The zero-order chi connectivity index (χ0) is 16.7. The van der Waals surface area contributed by atoms with Crippen LogP contribution in [0.3, 0.4) is 0 Å². The highest BCUT2D eigenvalue weighted by Crippen LogP contribution is 2.14. The third kappa shape index (κ3) is 5.59. The SMILES string of the molecule is CCCNC(=O)c1ccc(NC(=O)c2csc(CCN)n2)cc1.Cl. The molecule has 130 valence electrons. The van der Waals surface area contributed by atoms with Gasteiger partial charge in [-0.3, -0.25) is 9.59 Å². The molecule has 0 radical (unpaired) electrons. The Bertz CT molecular complexity index is 673. The number of carbonyl (C=O) groups is 2. The van der Waals surface area contributed by atoms with Gasteiger partial charge in [0, 0.05) is 29.6 Å². The Morgan fingerprint density at radius 1 is 1.21 bits per heavy atom. The van der Waals surface area contributed by atoms with Crippen molar-refractivity contribution in [3.8, 4) is 0 Å². The molecule has 0 aliphatic carbocycles. The summed E-state index contributed by atoms with van der Waals surface area (Å²) >= 11 is 1.42. The van der Waals surface area contributed by atoms with Gasteiger partial charge in [-0.25, -0.2) is 4.98 Å². The van der Waals surface area contributed by atoms with E-state index in [1.54, 1.807) is 29.6 Å². The first-order chi connectivity index (χ1) is 11.1. The molecule has 0 fully saturated rings. The maximum Gasteiger partial charge on any atom is 0.275 e. The fourth-order valence-electron chi connectivity index (χ4n) is 1.89. The summed E-state index contributed by atoms with van der Waals surface area (Å²) in [4.78, 5) is 28.2. The van der Waals surface area contributed by atoms with Crippen LogP contribution in [-0.4, -0.2) is 29.9 Å². The number of carbonyl (C=O) groups excluding carboxylic acids is 2. The largest absolute Gasteiger partial charge is 0.352 e. The second-order valence-corrected chi connectivity index (χ2v) is 5.90. The van der Waals surface area contributed by atoms with Crippen molar-refractivity contribution in [1.29, 1.82) is 0 Å². The van der Waals surface area contributed by atoms with Crippen molar-refractivity contribution in [2.45, 2.75) is 19.8 Å². The summed E-state index contributed by atoms with van der Waals surface area (Å²) in [7, 11) is 0. The second-order valence-electron chi connectivity index (χ2n) is 4.95. The first-order valence-electron chi connectivity index (χ1n) is 7.48. The van der Waals surface area contributed by atoms with Gasteiger partial charge in [0.1, 0.15) is 5.69 Å². The summed E-state index contributed by atoms with van der Waals surface area (Å²) in [6.07, 6.45) is 1.55. The molecule has 1 aromatic heterocycles. The minimum Gasteiger partial charge on any atom is -0.352 e. The molecule has 6 nitrogen and oxygen atoms in total. The molecule has 2 aromatic rings. The molecule has 0 bridgehead atoms. The van der Waals surface area contributed by atoms with Gasteiger partial charge < -0.3 is 16.4 Å². The fourth-order valence-corrected chi connectivity index (χ4v) is 2.69. The van der Waals surface area contributed by atoms with Crippen LogP contribution in [0.25, 0.3) is 0 Å². The van der Waals surface area contributed by atoms with E-state index in [2.05, 4.69) is 15.6 Å². The molecule has 2 rings (SSSR count). The van der Waals surface area contributed by atoms with E-state index < -0.39 is 0 Å². The van der Waals surface area contributed by atoms with Crippen LogP contribution >= 0.6 is 23.7 Å². The normalized spacial score (nSPS) is 9.92. The molecule has 0 saturated carbocycles. The number of thiazole rings is 1. The Hall–Kier alpha value is -1.96. The van der Waals surface area contributed by atoms with Crippen molar-refractivity contribution in [2.24, 2.45) is 5.73 Å². The van der Waals surface area contributed by atoms with Gasteiger partial charge in [0.05, 0.1) is 5.01 Å². The minimum absolute atomic E-state index is 0. The predicted molar refractivity (Wildman–Crippen MR) is 99.1 cm³/mol. The van der Waals surface area contributed by atoms with Gasteiger partial charge in [0.2, 0.25) is 0 Å². The monoisotopic (exact) mass is 368 g/mol. The van der Waals surface area contributed by atoms with Gasteiger partial charge in [-0.2, -0.15) is 0 Å². The third-order valence-corrected chi connectivity index (χ3v) is 3.99. The summed E-state index contributed by atoms with van der Waals surface area (Å²) < 4.78 is 0. The summed E-state index contributed by atoms with van der Waals surface area (Å²) in [6.45, 7) is 3.15. The number of rotatable bonds is 7. The number of benzene rings is 1. The molecule has 0 aliphatic rings. The van der Waals surface area contributed by atoms with Crippen LogP contribution in [0.2, 0.25) is 0 Å². The zero-order valence-corrected chi connectivity index (χ0v) is 15.0. The van der Waals surface area contributed by atoms with Gasteiger partial charge in [0.25, 0.3) is 11.8 Å². The molecule has 0 unspecified atom stereocenters. The van der Waals surface area contributed by atoms with Crippen molar-refractivity contribution in [3.05, 3.63) is 45.9 Å². The molecule has 0 saturated heterocycles. The average molecular weight is 369 g/mol. The summed E-state index contributed by atoms with van der Waals surface area (Å²) in [5.41, 5.74) is 7.04. The van der Waals surface area contributed by atoms with Crippen LogP contribution in [0.1, 0.15) is 39.2 Å². The van der Waals surface area contributed by atoms with Gasteiger partial charge >= 0.3 is 0 Å². The Morgan fingerprint density at radius 3 is 2.54 bits per heavy atom. The topological polar surface area (TPSA) is 97.1 Å². The van der Waals surface area contributed by atoms with E-state index in [9.17, 15) is 9.59 Å². The molecule has 1 heterocycles. The summed E-state index contributed by atoms with van der Waals surface area (Å²) in [6, 6.07) is 6.76. The van der Waals surface area contributed by atoms with Gasteiger partial charge in [-0.15, -0.1) is 23.7 Å². The lowest BCUT2D eigenvalue weighted by Gasteiger charge is -2.06. The quantitative estimate of drug-likeness (QED) is 0.699. The second kappa shape index (κ2) is 10.0. The molecule has 4 N–H and O–H groups in total. The number of nitrogens with two attached hydrogens (primary N) is 1. The molecule has 24 heavy (non-hydrogen) atoms. The lowest BCUT2D eigenvalue weighted by Crippen LogP contribution is -2.23. The van der Waals surface area contributed by atoms with E-state index >= 15 is 0 Å². The Balaban J connectivity index is 0.00000288. The number of amides is 2. The zero-order valence-electron chi connectivity index (χ0n) is 13.4. The fraction of sp³-hybridized carbons (Fsp3) is 0.312. The number of halogens is 1. The van der Waals surface area contributed by atoms with Crippen molar-refractivity contribution >= 4 is 41.2 Å². The maximum atomic E-state index is 12.1. The molecule has 0 atom stereocenters. The van der Waals surface area contributed by atoms with Crippen LogP contribution in [0, 0.1) is 0 Å². The first kappa shape index (κ1) is 20.1. The van der Waals surface area contributed by atoms with E-state index in [4.69, 9.17) is 5.73 Å². The van der Waals surface area contributed by atoms with Gasteiger partial charge in [0.15, 0.2) is 0 Å². The van der Waals surface area contributed by atoms with Crippen molar-refractivity contribution in [1.82, 2.24) is 10.3 Å². The summed E-state index contributed by atoms with van der Waals surface area (Å²) in [5.74, 6) is -0.386. The van der Waals surface area contributed by atoms with E-state index in [-0.39, 0.29) is 24.2 Å². The molecule has 8 heteroatoms. The lowest BCUT2D eigenvalue weighted by molar-refractivity contribution is 0.0953. The smallest absolute Gasteiger partial charge is 0.275 e. The lowest BCUT2D eigenvalue weighted by atomic mass is 10.2. The molecule has 2 amide bonds.